The van der Waals surface area contributed by atoms with Crippen molar-refractivity contribution in [3.63, 3.8) is 0 Å². The number of hydrogen-bond acceptors (Lipinski definition) is 4. The molecule has 7 heteroatoms. The van der Waals surface area contributed by atoms with Crippen LogP contribution in [0.4, 0.5) is 9.59 Å². The van der Waals surface area contributed by atoms with Gasteiger partial charge in [-0.1, -0.05) is 37.1 Å². The number of urea groups is 1. The summed E-state index contributed by atoms with van der Waals surface area (Å²) in [6.07, 6.45) is 9.98. The SMILES string of the molecule is CCNC(=O)N1Cc2ccccc2C2(CCN(C3CCC4CCCCC(C3)N4C(=O)OCC)CC2)C1. The molecule has 0 aliphatic carbocycles. The van der Waals surface area contributed by atoms with E-state index in [1.54, 1.807) is 0 Å². The van der Waals surface area contributed by atoms with Crippen LogP contribution in [0.25, 0.3) is 0 Å². The summed E-state index contributed by atoms with van der Waals surface area (Å²) in [4.78, 5) is 32.6. The summed E-state index contributed by atoms with van der Waals surface area (Å²) in [5.41, 5.74) is 2.78. The molecule has 2 bridgehead atoms. The van der Waals surface area contributed by atoms with Crippen molar-refractivity contribution in [1.29, 1.82) is 0 Å². The predicted molar refractivity (Wildman–Crippen MR) is 141 cm³/mol. The van der Waals surface area contributed by atoms with Crippen LogP contribution in [0.1, 0.15) is 82.8 Å². The highest BCUT2D eigenvalue weighted by Crippen LogP contribution is 2.43. The van der Waals surface area contributed by atoms with E-state index in [1.807, 2.05) is 18.7 Å². The minimum Gasteiger partial charge on any atom is -0.450 e. The van der Waals surface area contributed by atoms with Crippen molar-refractivity contribution < 1.29 is 14.3 Å². The summed E-state index contributed by atoms with van der Waals surface area (Å²) in [5, 5.41) is 3.02. The van der Waals surface area contributed by atoms with Crippen LogP contribution in [-0.4, -0.2) is 77.7 Å². The molecule has 0 saturated carbocycles. The second kappa shape index (κ2) is 11.0. The molecule has 3 amide bonds. The number of benzene rings is 1. The molecule has 1 aromatic rings. The molecular formula is C29H44N4O3. The molecule has 3 saturated heterocycles. The molecule has 0 radical (unpaired) electrons. The van der Waals surface area contributed by atoms with Crippen molar-refractivity contribution >= 4 is 12.1 Å². The van der Waals surface area contributed by atoms with E-state index in [-0.39, 0.29) is 17.5 Å². The Morgan fingerprint density at radius 3 is 2.47 bits per heavy atom. The Kier molecular flexibility index (Phi) is 7.75. The van der Waals surface area contributed by atoms with Gasteiger partial charge in [-0.05, 0) is 83.0 Å². The first-order chi connectivity index (χ1) is 17.5. The Balaban J connectivity index is 1.31. The number of fused-ring (bicyclic) bond motifs is 4. The Hall–Kier alpha value is -2.28. The Morgan fingerprint density at radius 2 is 1.72 bits per heavy atom. The van der Waals surface area contributed by atoms with E-state index < -0.39 is 0 Å². The van der Waals surface area contributed by atoms with Crippen molar-refractivity contribution in [1.82, 2.24) is 20.0 Å². The first-order valence-corrected chi connectivity index (χ1v) is 14.3. The zero-order valence-electron chi connectivity index (χ0n) is 22.2. The van der Waals surface area contributed by atoms with Crippen molar-refractivity contribution in [2.24, 2.45) is 0 Å². The molecule has 5 rings (SSSR count). The van der Waals surface area contributed by atoms with Gasteiger partial charge >= 0.3 is 12.1 Å². The lowest BCUT2D eigenvalue weighted by Crippen LogP contribution is -2.56. The fraction of sp³-hybridized carbons (Fsp3) is 0.724. The number of nitrogens with zero attached hydrogens (tertiary/aromatic N) is 3. The molecule has 198 valence electrons. The summed E-state index contributed by atoms with van der Waals surface area (Å²) in [6.45, 7) is 8.60. The fourth-order valence-corrected chi connectivity index (χ4v) is 7.53. The molecule has 3 unspecified atom stereocenters. The number of carbonyl (C=O) groups excluding carboxylic acids is 2. The highest BCUT2D eigenvalue weighted by Gasteiger charge is 2.45. The van der Waals surface area contributed by atoms with Crippen LogP contribution in [0.2, 0.25) is 0 Å². The lowest BCUT2D eigenvalue weighted by Gasteiger charge is -2.50. The zero-order valence-corrected chi connectivity index (χ0v) is 22.2. The van der Waals surface area contributed by atoms with Gasteiger partial charge in [0.25, 0.3) is 0 Å². The smallest absolute Gasteiger partial charge is 0.410 e. The summed E-state index contributed by atoms with van der Waals surface area (Å²) >= 11 is 0. The molecule has 1 N–H and O–H groups in total. The van der Waals surface area contributed by atoms with Crippen LogP contribution in [0.3, 0.4) is 0 Å². The zero-order chi connectivity index (χ0) is 25.1. The minimum absolute atomic E-state index is 0.0332. The predicted octanol–water partition coefficient (Wildman–Crippen LogP) is 4.89. The maximum atomic E-state index is 12.9. The van der Waals surface area contributed by atoms with E-state index in [2.05, 4.69) is 39.4 Å². The van der Waals surface area contributed by atoms with Crippen LogP contribution in [0.5, 0.6) is 0 Å². The molecule has 3 atom stereocenters. The van der Waals surface area contributed by atoms with Crippen molar-refractivity contribution in [3.05, 3.63) is 35.4 Å². The second-order valence-corrected chi connectivity index (χ2v) is 11.3. The lowest BCUT2D eigenvalue weighted by atomic mass is 9.68. The fourth-order valence-electron chi connectivity index (χ4n) is 7.53. The summed E-state index contributed by atoms with van der Waals surface area (Å²) < 4.78 is 5.50. The van der Waals surface area contributed by atoms with Crippen LogP contribution in [0, 0.1) is 0 Å². The molecule has 4 heterocycles. The minimum atomic E-state index is -0.100. The van der Waals surface area contributed by atoms with Crippen molar-refractivity contribution in [2.75, 3.05) is 32.8 Å². The molecule has 4 aliphatic heterocycles. The van der Waals surface area contributed by atoms with Gasteiger partial charge in [0.1, 0.15) is 0 Å². The third-order valence-corrected chi connectivity index (χ3v) is 9.30. The number of likely N-dealkylation sites (tertiary alicyclic amines) is 1. The first kappa shape index (κ1) is 25.4. The van der Waals surface area contributed by atoms with Crippen LogP contribution in [0.15, 0.2) is 24.3 Å². The van der Waals surface area contributed by atoms with Crippen molar-refractivity contribution in [2.45, 2.75) is 102 Å². The van der Waals surface area contributed by atoms with Gasteiger partial charge in [0.2, 0.25) is 0 Å². The average molecular weight is 497 g/mol. The van der Waals surface area contributed by atoms with Gasteiger partial charge in [0.15, 0.2) is 0 Å². The highest BCUT2D eigenvalue weighted by atomic mass is 16.6. The Morgan fingerprint density at radius 1 is 1.00 bits per heavy atom. The highest BCUT2D eigenvalue weighted by molar-refractivity contribution is 5.75. The topological polar surface area (TPSA) is 65.1 Å². The van der Waals surface area contributed by atoms with E-state index in [0.717, 1.165) is 64.6 Å². The number of ether oxygens (including phenoxy) is 1. The van der Waals surface area contributed by atoms with Gasteiger partial charge in [-0.2, -0.15) is 0 Å². The van der Waals surface area contributed by atoms with E-state index in [1.165, 1.54) is 24.0 Å². The van der Waals surface area contributed by atoms with Gasteiger partial charge in [0.05, 0.1) is 6.61 Å². The average Bonchev–Trinajstić information content (AvgIpc) is 3.21. The summed E-state index contributed by atoms with van der Waals surface area (Å²) in [5.74, 6) is 0. The van der Waals surface area contributed by atoms with Crippen molar-refractivity contribution in [3.8, 4) is 0 Å². The number of hydrogen-bond donors (Lipinski definition) is 1. The van der Waals surface area contributed by atoms with Crippen LogP contribution in [-0.2, 0) is 16.7 Å². The normalized spacial score (nSPS) is 28.1. The summed E-state index contributed by atoms with van der Waals surface area (Å²) in [6, 6.07) is 9.96. The molecule has 3 fully saturated rings. The molecule has 0 aromatic heterocycles. The monoisotopic (exact) mass is 496 g/mol. The van der Waals surface area contributed by atoms with Crippen LogP contribution < -0.4 is 5.32 Å². The van der Waals surface area contributed by atoms with Gasteiger partial charge < -0.3 is 24.8 Å². The number of amides is 3. The largest absolute Gasteiger partial charge is 0.450 e. The molecule has 4 aliphatic rings. The number of piperidine rings is 1. The summed E-state index contributed by atoms with van der Waals surface area (Å²) in [7, 11) is 0. The molecule has 36 heavy (non-hydrogen) atoms. The number of carbonyl (C=O) groups is 2. The Labute approximate surface area is 216 Å². The second-order valence-electron chi connectivity index (χ2n) is 11.3. The molecule has 7 nitrogen and oxygen atoms in total. The van der Waals surface area contributed by atoms with E-state index in [0.29, 0.717) is 37.8 Å². The van der Waals surface area contributed by atoms with Gasteiger partial charge in [-0.25, -0.2) is 9.59 Å². The number of nitrogens with one attached hydrogen (secondary N) is 1. The van der Waals surface area contributed by atoms with E-state index >= 15 is 0 Å². The third kappa shape index (κ3) is 4.96. The molecular weight excluding hydrogens is 452 g/mol. The quantitative estimate of drug-likeness (QED) is 0.647. The van der Waals surface area contributed by atoms with E-state index in [9.17, 15) is 9.59 Å². The lowest BCUT2D eigenvalue weighted by molar-refractivity contribution is 0.0594. The van der Waals surface area contributed by atoms with Gasteiger partial charge in [0, 0.05) is 43.2 Å². The Bertz CT molecular complexity index is 929. The molecule has 1 spiro atoms. The third-order valence-electron chi connectivity index (χ3n) is 9.30. The first-order valence-electron chi connectivity index (χ1n) is 14.3. The van der Waals surface area contributed by atoms with Crippen LogP contribution >= 0.6 is 0 Å². The standard InChI is InChI=1S/C29H44N4O3/c1-3-30-27(34)32-20-22-9-5-8-12-26(22)29(21-32)15-17-31(18-16-29)24-14-13-23-10-6-7-11-25(19-24)33(23)28(35)36-4-2/h5,8-9,12,23-25H,3-4,6-7,10-11,13-21H2,1-2H3,(H,30,34). The van der Waals surface area contributed by atoms with Gasteiger partial charge in [-0.15, -0.1) is 0 Å². The molecule has 1 aromatic carbocycles. The maximum Gasteiger partial charge on any atom is 0.410 e. The number of rotatable bonds is 3. The maximum absolute atomic E-state index is 12.9. The van der Waals surface area contributed by atoms with Gasteiger partial charge in [-0.3, -0.25) is 0 Å². The van der Waals surface area contributed by atoms with E-state index in [4.69, 9.17) is 4.74 Å².